The molecular weight excluding hydrogens is 342 g/mol. The zero-order chi connectivity index (χ0) is 19.2. The van der Waals surface area contributed by atoms with E-state index in [1.54, 1.807) is 12.0 Å². The number of benzene rings is 1. The average Bonchev–Trinajstić information content (AvgIpc) is 2.68. The number of nitrogens with one attached hydrogen (secondary N) is 1. The largest absolute Gasteiger partial charge is 0.385 e. The monoisotopic (exact) mass is 369 g/mol. The van der Waals surface area contributed by atoms with Crippen molar-refractivity contribution in [3.63, 3.8) is 0 Å². The van der Waals surface area contributed by atoms with Gasteiger partial charge in [0.05, 0.1) is 0 Å². The molecule has 1 saturated heterocycles. The van der Waals surface area contributed by atoms with Crippen LogP contribution in [0.4, 0.5) is 0 Å². The van der Waals surface area contributed by atoms with Crippen molar-refractivity contribution < 1.29 is 9.53 Å². The van der Waals surface area contributed by atoms with Gasteiger partial charge in [-0.05, 0) is 38.5 Å². The number of hydrogen-bond acceptors (Lipinski definition) is 4. The topological polar surface area (TPSA) is 75.3 Å². The number of nitrogens with zero attached hydrogens (tertiary/aromatic N) is 2. The molecule has 1 atom stereocenters. The van der Waals surface area contributed by atoms with Gasteiger partial charge >= 0.3 is 0 Å². The summed E-state index contributed by atoms with van der Waals surface area (Å²) in [6.45, 7) is 4.14. The molecule has 3 rings (SSSR count). The number of amides is 1. The minimum atomic E-state index is -0.382. The van der Waals surface area contributed by atoms with Crippen molar-refractivity contribution in [3.8, 4) is 11.4 Å². The van der Waals surface area contributed by atoms with Crippen LogP contribution >= 0.6 is 0 Å². The van der Waals surface area contributed by atoms with Crippen molar-refractivity contribution in [1.29, 1.82) is 0 Å². The molecule has 1 N–H and O–H groups in total. The van der Waals surface area contributed by atoms with Crippen LogP contribution in [0.1, 0.15) is 41.6 Å². The molecule has 1 aliphatic rings. The molecule has 0 saturated carbocycles. The van der Waals surface area contributed by atoms with Crippen molar-refractivity contribution in [2.75, 3.05) is 26.8 Å². The van der Waals surface area contributed by atoms with Crippen LogP contribution in [0.5, 0.6) is 0 Å². The van der Waals surface area contributed by atoms with E-state index in [0.717, 1.165) is 43.4 Å². The summed E-state index contributed by atoms with van der Waals surface area (Å²) in [4.78, 5) is 34.2. The van der Waals surface area contributed by atoms with Gasteiger partial charge in [-0.2, -0.15) is 0 Å². The van der Waals surface area contributed by atoms with Gasteiger partial charge in [-0.25, -0.2) is 4.98 Å². The summed E-state index contributed by atoms with van der Waals surface area (Å²) in [5.74, 6) is 0.722. The summed E-state index contributed by atoms with van der Waals surface area (Å²) < 4.78 is 5.11. The highest BCUT2D eigenvalue weighted by Gasteiger charge is 2.26. The molecule has 2 aromatic rings. The van der Waals surface area contributed by atoms with Gasteiger partial charge in [-0.15, -0.1) is 0 Å². The van der Waals surface area contributed by atoms with Gasteiger partial charge in [0.25, 0.3) is 11.5 Å². The van der Waals surface area contributed by atoms with E-state index in [1.165, 1.54) is 6.20 Å². The highest BCUT2D eigenvalue weighted by atomic mass is 16.5. The molecule has 6 heteroatoms. The summed E-state index contributed by atoms with van der Waals surface area (Å²) in [6.07, 6.45) is 5.53. The summed E-state index contributed by atoms with van der Waals surface area (Å²) >= 11 is 0. The molecule has 0 radical (unpaired) electrons. The molecule has 2 heterocycles. The van der Waals surface area contributed by atoms with Gasteiger partial charge in [0.2, 0.25) is 0 Å². The van der Waals surface area contributed by atoms with Crippen molar-refractivity contribution in [2.24, 2.45) is 5.92 Å². The molecular formula is C21H27N3O3. The molecule has 27 heavy (non-hydrogen) atoms. The Morgan fingerprint density at radius 1 is 1.33 bits per heavy atom. The lowest BCUT2D eigenvalue weighted by molar-refractivity contribution is 0.0658. The molecule has 0 spiro atoms. The lowest BCUT2D eigenvalue weighted by Crippen LogP contribution is -2.42. The molecule has 1 amide bonds. The standard InChI is InChI=1S/C21H27N3O3/c1-15-7-9-17(10-8-15)19-22-13-18(20(25)23-19)21(26)24-11-3-5-16(14-24)6-4-12-27-2/h7-10,13,16H,3-6,11-12,14H2,1-2H3,(H,22,23,25)/t16-/m0/s1. The summed E-state index contributed by atoms with van der Waals surface area (Å²) in [5.41, 5.74) is 1.70. The third kappa shape index (κ3) is 4.83. The maximum Gasteiger partial charge on any atom is 0.264 e. The zero-order valence-electron chi connectivity index (χ0n) is 16.0. The van der Waals surface area contributed by atoms with Gasteiger partial charge < -0.3 is 14.6 Å². The van der Waals surface area contributed by atoms with Gasteiger partial charge in [0, 0.05) is 38.6 Å². The quantitative estimate of drug-likeness (QED) is 0.794. The van der Waals surface area contributed by atoms with Gasteiger partial charge in [-0.3, -0.25) is 9.59 Å². The number of piperidine rings is 1. The second kappa shape index (κ2) is 8.95. The Morgan fingerprint density at radius 3 is 2.81 bits per heavy atom. The van der Waals surface area contributed by atoms with Crippen molar-refractivity contribution in [2.45, 2.75) is 32.6 Å². The summed E-state index contributed by atoms with van der Waals surface area (Å²) in [5, 5.41) is 0. The normalized spacial score (nSPS) is 17.1. The van der Waals surface area contributed by atoms with E-state index in [9.17, 15) is 9.59 Å². The SMILES string of the molecule is COCCC[C@@H]1CCCN(C(=O)c2cnc(-c3ccc(C)cc3)[nH]c2=O)C1. The van der Waals surface area contributed by atoms with E-state index in [2.05, 4.69) is 9.97 Å². The zero-order valence-corrected chi connectivity index (χ0v) is 16.0. The van der Waals surface area contributed by atoms with Crippen molar-refractivity contribution >= 4 is 5.91 Å². The minimum Gasteiger partial charge on any atom is -0.385 e. The Labute approximate surface area is 159 Å². The molecule has 6 nitrogen and oxygen atoms in total. The Kier molecular flexibility index (Phi) is 6.40. The average molecular weight is 369 g/mol. The minimum absolute atomic E-state index is 0.114. The van der Waals surface area contributed by atoms with Gasteiger partial charge in [-0.1, -0.05) is 29.8 Å². The van der Waals surface area contributed by atoms with Crippen LogP contribution in [0.2, 0.25) is 0 Å². The van der Waals surface area contributed by atoms with E-state index in [4.69, 9.17) is 4.74 Å². The first-order chi connectivity index (χ1) is 13.1. The first-order valence-electron chi connectivity index (χ1n) is 9.53. The second-order valence-corrected chi connectivity index (χ2v) is 7.24. The Balaban J connectivity index is 1.71. The second-order valence-electron chi connectivity index (χ2n) is 7.24. The number of aromatic nitrogens is 2. The molecule has 1 fully saturated rings. The molecule has 1 aliphatic heterocycles. The highest BCUT2D eigenvalue weighted by Crippen LogP contribution is 2.22. The Morgan fingerprint density at radius 2 is 2.11 bits per heavy atom. The smallest absolute Gasteiger partial charge is 0.264 e. The molecule has 0 aliphatic carbocycles. The number of carbonyl (C=O) groups excluding carboxylic acids is 1. The maximum atomic E-state index is 12.8. The van der Waals surface area contributed by atoms with E-state index < -0.39 is 0 Å². The molecule has 0 unspecified atom stereocenters. The van der Waals surface area contributed by atoms with Crippen molar-refractivity contribution in [1.82, 2.24) is 14.9 Å². The fraction of sp³-hybridized carbons (Fsp3) is 0.476. The van der Waals surface area contributed by atoms with Crippen LogP contribution in [0.3, 0.4) is 0 Å². The lowest BCUT2D eigenvalue weighted by atomic mass is 9.93. The first-order valence-corrected chi connectivity index (χ1v) is 9.53. The number of aryl methyl sites for hydroxylation is 1. The summed E-state index contributed by atoms with van der Waals surface area (Å²) in [6, 6.07) is 7.74. The van der Waals surface area contributed by atoms with Crippen LogP contribution in [-0.4, -0.2) is 47.6 Å². The third-order valence-corrected chi connectivity index (χ3v) is 5.12. The Hall–Kier alpha value is -2.47. The number of likely N-dealkylation sites (tertiary alicyclic amines) is 1. The van der Waals surface area contributed by atoms with E-state index >= 15 is 0 Å². The fourth-order valence-electron chi connectivity index (χ4n) is 3.58. The van der Waals surface area contributed by atoms with Crippen LogP contribution in [0.15, 0.2) is 35.3 Å². The predicted molar refractivity (Wildman–Crippen MR) is 105 cm³/mol. The summed E-state index contributed by atoms with van der Waals surface area (Å²) in [7, 11) is 1.70. The number of ether oxygens (including phenoxy) is 1. The van der Waals surface area contributed by atoms with E-state index in [0.29, 0.717) is 24.8 Å². The molecule has 1 aromatic carbocycles. The fourth-order valence-corrected chi connectivity index (χ4v) is 3.58. The van der Waals surface area contributed by atoms with Gasteiger partial charge in [0.15, 0.2) is 0 Å². The maximum absolute atomic E-state index is 12.8. The van der Waals surface area contributed by atoms with E-state index in [-0.39, 0.29) is 17.0 Å². The first kappa shape index (κ1) is 19.3. The van der Waals surface area contributed by atoms with Crippen LogP contribution in [0, 0.1) is 12.8 Å². The third-order valence-electron chi connectivity index (χ3n) is 5.12. The number of rotatable bonds is 6. The molecule has 144 valence electrons. The van der Waals surface area contributed by atoms with Crippen LogP contribution < -0.4 is 5.56 Å². The van der Waals surface area contributed by atoms with Crippen LogP contribution in [0.25, 0.3) is 11.4 Å². The lowest BCUT2D eigenvalue weighted by Gasteiger charge is -2.32. The molecule has 1 aromatic heterocycles. The number of hydrogen-bond donors (Lipinski definition) is 1. The molecule has 0 bridgehead atoms. The van der Waals surface area contributed by atoms with Crippen LogP contribution in [-0.2, 0) is 4.74 Å². The van der Waals surface area contributed by atoms with Gasteiger partial charge in [0.1, 0.15) is 11.4 Å². The predicted octanol–water partition coefficient (Wildman–Crippen LogP) is 3.02. The number of carbonyl (C=O) groups is 1. The number of methoxy groups -OCH3 is 1. The Bertz CT molecular complexity index is 829. The van der Waals surface area contributed by atoms with E-state index in [1.807, 2.05) is 31.2 Å². The number of H-pyrrole nitrogens is 1. The van der Waals surface area contributed by atoms with Crippen molar-refractivity contribution in [3.05, 3.63) is 51.9 Å². The number of aromatic amines is 1. The highest BCUT2D eigenvalue weighted by molar-refractivity contribution is 5.93.